The molecule has 0 spiro atoms. The second-order valence-corrected chi connectivity index (χ2v) is 6.12. The predicted molar refractivity (Wildman–Crippen MR) is 81.7 cm³/mol. The molecule has 0 unspecified atom stereocenters. The van der Waals surface area contributed by atoms with E-state index in [0.717, 1.165) is 24.8 Å². The summed E-state index contributed by atoms with van der Waals surface area (Å²) in [4.78, 5) is 0. The molecule has 1 aromatic carbocycles. The van der Waals surface area contributed by atoms with Crippen LogP contribution in [0.15, 0.2) is 18.2 Å². The molecule has 0 bridgehead atoms. The van der Waals surface area contributed by atoms with Crippen LogP contribution in [0.4, 0.5) is 4.39 Å². The fourth-order valence-corrected chi connectivity index (χ4v) is 2.91. The predicted octanol–water partition coefficient (Wildman–Crippen LogP) is 3.73. The van der Waals surface area contributed by atoms with E-state index in [1.165, 1.54) is 6.07 Å². The Labute approximate surface area is 124 Å². The first-order valence-electron chi connectivity index (χ1n) is 7.15. The van der Waals surface area contributed by atoms with E-state index >= 15 is 0 Å². The summed E-state index contributed by atoms with van der Waals surface area (Å²) in [6.07, 6.45) is 2.78. The first kappa shape index (κ1) is 17.3. The summed E-state index contributed by atoms with van der Waals surface area (Å²) in [6, 6.07) is 4.67. The minimum Gasteiger partial charge on any atom is -0.598 e. The van der Waals surface area contributed by atoms with Gasteiger partial charge in [-0.25, -0.2) is 4.39 Å². The molecule has 0 aliphatic carbocycles. The van der Waals surface area contributed by atoms with Gasteiger partial charge in [0.1, 0.15) is 5.75 Å². The van der Waals surface area contributed by atoms with Crippen LogP contribution in [0, 0.1) is 5.82 Å². The molecule has 0 aliphatic rings. The highest BCUT2D eigenvalue weighted by Crippen LogP contribution is 2.23. The summed E-state index contributed by atoms with van der Waals surface area (Å²) >= 11 is -1.05. The number of hydrogen-bond donors (Lipinski definition) is 1. The van der Waals surface area contributed by atoms with Gasteiger partial charge >= 0.3 is 0 Å². The van der Waals surface area contributed by atoms with Crippen LogP contribution in [0.25, 0.3) is 0 Å². The highest BCUT2D eigenvalue weighted by Gasteiger charge is 2.15. The fourth-order valence-electron chi connectivity index (χ4n) is 1.71. The van der Waals surface area contributed by atoms with Crippen molar-refractivity contribution in [2.24, 2.45) is 0 Å². The number of hydrogen-bond acceptors (Lipinski definition) is 3. The average molecular weight is 301 g/mol. The maximum absolute atomic E-state index is 13.6. The molecule has 3 nitrogen and oxygen atoms in total. The number of rotatable bonds is 9. The Balaban J connectivity index is 2.65. The highest BCUT2D eigenvalue weighted by atomic mass is 32.2. The van der Waals surface area contributed by atoms with E-state index in [-0.39, 0.29) is 17.6 Å². The molecule has 1 rings (SSSR count). The summed E-state index contributed by atoms with van der Waals surface area (Å²) in [7, 11) is 0. The number of ether oxygens (including phenoxy) is 1. The molecule has 0 saturated carbocycles. The minimum absolute atomic E-state index is 0.0998. The smallest absolute Gasteiger partial charge is 0.165 e. The van der Waals surface area contributed by atoms with Crippen LogP contribution < -0.4 is 9.46 Å². The van der Waals surface area contributed by atoms with Gasteiger partial charge in [-0.15, -0.1) is 4.72 Å². The Kier molecular flexibility index (Phi) is 7.95. The first-order chi connectivity index (χ1) is 9.58. The molecule has 0 fully saturated rings. The fraction of sp³-hybridized carbons (Fsp3) is 0.600. The van der Waals surface area contributed by atoms with Crippen molar-refractivity contribution in [1.82, 2.24) is 4.72 Å². The van der Waals surface area contributed by atoms with Crippen molar-refractivity contribution in [3.8, 4) is 5.75 Å². The summed E-state index contributed by atoms with van der Waals surface area (Å²) in [5.74, 6) is 0.542. The second-order valence-electron chi connectivity index (χ2n) is 4.78. The third-order valence-corrected chi connectivity index (χ3v) is 4.18. The SMILES string of the molecule is CCCC[S@+]([O-])N[C@@H](C)c1ccc(F)c(OCCC)c1. The third-order valence-electron chi connectivity index (χ3n) is 2.91. The normalized spacial score (nSPS) is 14.1. The van der Waals surface area contributed by atoms with E-state index in [9.17, 15) is 8.94 Å². The molecule has 0 aromatic heterocycles. The van der Waals surface area contributed by atoms with Crippen molar-refractivity contribution >= 4 is 11.4 Å². The molecule has 1 aromatic rings. The van der Waals surface area contributed by atoms with E-state index < -0.39 is 11.4 Å². The Bertz CT molecular complexity index is 403. The van der Waals surface area contributed by atoms with Crippen LogP contribution in [-0.4, -0.2) is 16.9 Å². The second kappa shape index (κ2) is 9.21. The number of benzene rings is 1. The van der Waals surface area contributed by atoms with E-state index in [2.05, 4.69) is 11.6 Å². The van der Waals surface area contributed by atoms with Gasteiger partial charge in [0.05, 0.1) is 12.6 Å². The van der Waals surface area contributed by atoms with Gasteiger partial charge in [0.25, 0.3) is 0 Å². The van der Waals surface area contributed by atoms with Gasteiger partial charge in [0, 0.05) is 11.4 Å². The maximum atomic E-state index is 13.6. The summed E-state index contributed by atoms with van der Waals surface area (Å²) < 4.78 is 33.8. The zero-order chi connectivity index (χ0) is 15.0. The minimum atomic E-state index is -1.05. The lowest BCUT2D eigenvalue weighted by atomic mass is 10.1. The van der Waals surface area contributed by atoms with Gasteiger partial charge in [-0.1, -0.05) is 26.3 Å². The number of halogens is 1. The topological polar surface area (TPSA) is 44.3 Å². The van der Waals surface area contributed by atoms with Crippen LogP contribution in [0.1, 0.15) is 51.6 Å². The average Bonchev–Trinajstić information content (AvgIpc) is 2.44. The van der Waals surface area contributed by atoms with Crippen LogP contribution in [0.2, 0.25) is 0 Å². The Hall–Kier alpha value is -0.780. The van der Waals surface area contributed by atoms with Crippen LogP contribution in [0.3, 0.4) is 0 Å². The Morgan fingerprint density at radius 2 is 2.10 bits per heavy atom. The molecule has 0 radical (unpaired) electrons. The molecule has 114 valence electrons. The van der Waals surface area contributed by atoms with Gasteiger partial charge in [-0.2, -0.15) is 0 Å². The molecule has 0 heterocycles. The van der Waals surface area contributed by atoms with Crippen LogP contribution in [-0.2, 0) is 11.4 Å². The van der Waals surface area contributed by atoms with E-state index in [4.69, 9.17) is 4.74 Å². The lowest BCUT2D eigenvalue weighted by Crippen LogP contribution is -2.29. The van der Waals surface area contributed by atoms with Gasteiger partial charge in [-0.05, 0) is 37.5 Å². The lowest BCUT2D eigenvalue weighted by Gasteiger charge is -2.18. The number of unbranched alkanes of at least 4 members (excludes halogenated alkanes) is 1. The standard InChI is InChI=1S/C15H24FNO2S/c1-4-6-10-20(18)17-12(3)13-7-8-14(16)15(11-13)19-9-5-2/h7-8,11-12,17H,4-6,9-10H2,1-3H3/t12-,20-/m0/s1. The van der Waals surface area contributed by atoms with E-state index in [1.54, 1.807) is 12.1 Å². The monoisotopic (exact) mass is 301 g/mol. The van der Waals surface area contributed by atoms with Gasteiger partial charge in [0.2, 0.25) is 0 Å². The molecule has 0 aliphatic heterocycles. The molecular formula is C15H24FNO2S. The molecule has 0 amide bonds. The van der Waals surface area contributed by atoms with Gasteiger partial charge in [0.15, 0.2) is 11.6 Å². The van der Waals surface area contributed by atoms with Crippen LogP contribution in [0.5, 0.6) is 5.75 Å². The van der Waals surface area contributed by atoms with Crippen molar-refractivity contribution in [3.05, 3.63) is 29.6 Å². The van der Waals surface area contributed by atoms with Crippen molar-refractivity contribution in [2.45, 2.75) is 46.1 Å². The van der Waals surface area contributed by atoms with E-state index in [0.29, 0.717) is 12.4 Å². The van der Waals surface area contributed by atoms with Crippen LogP contribution >= 0.6 is 0 Å². The molecule has 0 saturated heterocycles. The Morgan fingerprint density at radius 3 is 2.75 bits per heavy atom. The third kappa shape index (κ3) is 5.69. The highest BCUT2D eigenvalue weighted by molar-refractivity contribution is 7.89. The summed E-state index contributed by atoms with van der Waals surface area (Å²) in [5, 5.41) is 0. The first-order valence-corrected chi connectivity index (χ1v) is 8.47. The largest absolute Gasteiger partial charge is 0.598 e. The number of nitrogens with one attached hydrogen (secondary N) is 1. The van der Waals surface area contributed by atoms with Gasteiger partial charge < -0.3 is 9.29 Å². The van der Waals surface area contributed by atoms with Gasteiger partial charge in [-0.3, -0.25) is 0 Å². The molecule has 5 heteroatoms. The van der Waals surface area contributed by atoms with Crippen molar-refractivity contribution in [2.75, 3.05) is 12.4 Å². The Morgan fingerprint density at radius 1 is 1.35 bits per heavy atom. The van der Waals surface area contributed by atoms with E-state index in [1.807, 2.05) is 13.8 Å². The summed E-state index contributed by atoms with van der Waals surface area (Å²) in [6.45, 7) is 6.45. The molecule has 1 N–H and O–H groups in total. The maximum Gasteiger partial charge on any atom is 0.165 e. The van der Waals surface area contributed by atoms with Crippen molar-refractivity contribution in [3.63, 3.8) is 0 Å². The molecular weight excluding hydrogens is 277 g/mol. The molecule has 20 heavy (non-hydrogen) atoms. The van der Waals surface area contributed by atoms with Crippen molar-refractivity contribution < 1.29 is 13.7 Å². The lowest BCUT2D eigenvalue weighted by molar-refractivity contribution is 0.300. The zero-order valence-electron chi connectivity index (χ0n) is 12.4. The zero-order valence-corrected chi connectivity index (χ0v) is 13.3. The quantitative estimate of drug-likeness (QED) is 0.707. The summed E-state index contributed by atoms with van der Waals surface area (Å²) in [5.41, 5.74) is 0.877. The van der Waals surface area contributed by atoms with Crippen molar-refractivity contribution in [1.29, 1.82) is 0 Å². The molecule has 2 atom stereocenters.